The van der Waals surface area contributed by atoms with Crippen LogP contribution in [0, 0.1) is 6.92 Å². The second kappa shape index (κ2) is 9.00. The number of anilines is 1. The summed E-state index contributed by atoms with van der Waals surface area (Å²) in [6, 6.07) is 21.6. The van der Waals surface area contributed by atoms with Crippen molar-refractivity contribution in [3.8, 4) is 11.4 Å². The number of hydrogen-bond donors (Lipinski definition) is 0. The van der Waals surface area contributed by atoms with E-state index < -0.39 is 0 Å². The van der Waals surface area contributed by atoms with Crippen molar-refractivity contribution in [1.29, 1.82) is 0 Å². The monoisotopic (exact) mass is 418 g/mol. The number of amides is 1. The number of carbonyl (C=O) groups excluding carboxylic acids is 1. The maximum atomic E-state index is 12.7. The predicted molar refractivity (Wildman–Crippen MR) is 119 cm³/mol. The molecule has 0 saturated heterocycles. The summed E-state index contributed by atoms with van der Waals surface area (Å²) in [5.41, 5.74) is 2.90. The van der Waals surface area contributed by atoms with E-state index >= 15 is 0 Å². The molecule has 0 saturated carbocycles. The van der Waals surface area contributed by atoms with Gasteiger partial charge in [-0.3, -0.25) is 9.36 Å². The van der Waals surface area contributed by atoms with Gasteiger partial charge in [0.1, 0.15) is 5.76 Å². The van der Waals surface area contributed by atoms with Crippen LogP contribution in [0.4, 0.5) is 5.69 Å². The van der Waals surface area contributed by atoms with Gasteiger partial charge < -0.3 is 9.32 Å². The van der Waals surface area contributed by atoms with Crippen molar-refractivity contribution in [2.45, 2.75) is 18.6 Å². The highest BCUT2D eigenvalue weighted by Crippen LogP contribution is 2.28. The second-order valence-corrected chi connectivity index (χ2v) is 7.79. The average Bonchev–Trinajstić information content (AvgIpc) is 3.38. The van der Waals surface area contributed by atoms with Crippen molar-refractivity contribution in [2.75, 3.05) is 17.7 Å². The van der Waals surface area contributed by atoms with Gasteiger partial charge in [-0.05, 0) is 30.7 Å². The molecule has 1 amide bonds. The highest BCUT2D eigenvalue weighted by Gasteiger charge is 2.19. The van der Waals surface area contributed by atoms with Crippen LogP contribution in [0.1, 0.15) is 11.3 Å². The molecular weight excluding hydrogens is 396 g/mol. The van der Waals surface area contributed by atoms with Gasteiger partial charge in [0.25, 0.3) is 0 Å². The third-order valence-corrected chi connectivity index (χ3v) is 5.79. The molecular formula is C23H22N4O2S. The quantitative estimate of drug-likeness (QED) is 0.409. The summed E-state index contributed by atoms with van der Waals surface area (Å²) in [6.45, 7) is 2.51. The van der Waals surface area contributed by atoms with E-state index in [0.717, 1.165) is 28.4 Å². The third-order valence-electron chi connectivity index (χ3n) is 4.84. The number of nitrogens with zero attached hydrogens (tertiary/aromatic N) is 4. The zero-order valence-corrected chi connectivity index (χ0v) is 17.7. The minimum absolute atomic E-state index is 0.00139. The highest BCUT2D eigenvalue weighted by atomic mass is 32.2. The molecule has 7 heteroatoms. The van der Waals surface area contributed by atoms with Crippen LogP contribution in [0.15, 0.2) is 82.6 Å². The Morgan fingerprint density at radius 2 is 1.73 bits per heavy atom. The largest absolute Gasteiger partial charge is 0.469 e. The number of furan rings is 1. The molecule has 6 nitrogen and oxygen atoms in total. The van der Waals surface area contributed by atoms with Gasteiger partial charge in [0.15, 0.2) is 11.0 Å². The van der Waals surface area contributed by atoms with E-state index in [2.05, 4.69) is 22.3 Å². The van der Waals surface area contributed by atoms with Crippen LogP contribution in [0.2, 0.25) is 0 Å². The summed E-state index contributed by atoms with van der Waals surface area (Å²) in [5.74, 6) is 1.79. The van der Waals surface area contributed by atoms with E-state index in [1.165, 1.54) is 11.8 Å². The van der Waals surface area contributed by atoms with Crippen LogP contribution in [-0.2, 0) is 11.3 Å². The molecule has 4 rings (SSSR count). The first-order valence-corrected chi connectivity index (χ1v) is 10.6. The van der Waals surface area contributed by atoms with E-state index in [4.69, 9.17) is 4.42 Å². The minimum atomic E-state index is 0.00139. The van der Waals surface area contributed by atoms with Crippen LogP contribution in [0.3, 0.4) is 0 Å². The molecule has 2 aromatic carbocycles. The Morgan fingerprint density at radius 1 is 1.03 bits per heavy atom. The molecule has 0 radical (unpaired) electrons. The maximum Gasteiger partial charge on any atom is 0.237 e. The summed E-state index contributed by atoms with van der Waals surface area (Å²) in [7, 11) is 1.78. The van der Waals surface area contributed by atoms with E-state index in [0.29, 0.717) is 11.7 Å². The highest BCUT2D eigenvalue weighted by molar-refractivity contribution is 7.99. The van der Waals surface area contributed by atoms with Crippen molar-refractivity contribution < 1.29 is 9.21 Å². The van der Waals surface area contributed by atoms with E-state index in [1.807, 2.05) is 66.1 Å². The first-order valence-electron chi connectivity index (χ1n) is 9.59. The smallest absolute Gasteiger partial charge is 0.237 e. The van der Waals surface area contributed by atoms with Gasteiger partial charge in [-0.1, -0.05) is 60.3 Å². The lowest BCUT2D eigenvalue weighted by Gasteiger charge is -2.17. The van der Waals surface area contributed by atoms with E-state index in [9.17, 15) is 4.79 Å². The van der Waals surface area contributed by atoms with Gasteiger partial charge in [0.2, 0.25) is 5.91 Å². The molecule has 4 aromatic rings. The fourth-order valence-electron chi connectivity index (χ4n) is 3.14. The zero-order chi connectivity index (χ0) is 20.9. The lowest BCUT2D eigenvalue weighted by atomic mass is 10.2. The summed E-state index contributed by atoms with van der Waals surface area (Å²) >= 11 is 1.39. The van der Waals surface area contributed by atoms with Gasteiger partial charge in [0, 0.05) is 12.7 Å². The van der Waals surface area contributed by atoms with Crippen LogP contribution in [0.5, 0.6) is 0 Å². The van der Waals surface area contributed by atoms with Crippen molar-refractivity contribution in [3.05, 3.63) is 84.3 Å². The average molecular weight is 419 g/mol. The Kier molecular flexibility index (Phi) is 5.99. The number of thioether (sulfide) groups is 1. The molecule has 152 valence electrons. The Bertz CT molecular complexity index is 1120. The molecule has 0 N–H and O–H groups in total. The summed E-state index contributed by atoms with van der Waals surface area (Å²) in [5, 5.41) is 9.48. The van der Waals surface area contributed by atoms with Crippen molar-refractivity contribution in [3.63, 3.8) is 0 Å². The lowest BCUT2D eigenvalue weighted by molar-refractivity contribution is -0.115. The molecule has 2 heterocycles. The number of para-hydroxylation sites is 1. The molecule has 0 aliphatic rings. The van der Waals surface area contributed by atoms with Gasteiger partial charge in [-0.2, -0.15) is 0 Å². The number of hydrogen-bond acceptors (Lipinski definition) is 5. The van der Waals surface area contributed by atoms with Crippen LogP contribution >= 0.6 is 11.8 Å². The minimum Gasteiger partial charge on any atom is -0.469 e. The normalized spacial score (nSPS) is 10.9. The summed E-state index contributed by atoms with van der Waals surface area (Å²) in [6.07, 6.45) is 1.65. The fourth-order valence-corrected chi connectivity index (χ4v) is 3.99. The fraction of sp³-hybridized carbons (Fsp3) is 0.174. The third kappa shape index (κ3) is 4.31. The molecule has 0 aliphatic carbocycles. The Hall–Kier alpha value is -3.32. The lowest BCUT2D eigenvalue weighted by Crippen LogP contribution is -2.28. The Balaban J connectivity index is 1.57. The standard InChI is InChI=1S/C23H22N4O2S/c1-17-20(13-14-29-17)22-24-25-23(27(22)15-18-9-5-3-6-10-18)30-16-21(28)26(2)19-11-7-4-8-12-19/h3-14H,15-16H2,1-2H3. The Labute approximate surface area is 179 Å². The molecule has 30 heavy (non-hydrogen) atoms. The Morgan fingerprint density at radius 3 is 2.40 bits per heavy atom. The topological polar surface area (TPSA) is 64.2 Å². The second-order valence-electron chi connectivity index (χ2n) is 6.85. The maximum absolute atomic E-state index is 12.7. The molecule has 0 spiro atoms. The molecule has 2 aromatic heterocycles. The predicted octanol–water partition coefficient (Wildman–Crippen LogP) is 4.65. The number of rotatable bonds is 7. The number of aromatic nitrogens is 3. The van der Waals surface area contributed by atoms with Gasteiger partial charge in [0.05, 0.1) is 24.1 Å². The van der Waals surface area contributed by atoms with Gasteiger partial charge in [-0.25, -0.2) is 0 Å². The number of carbonyl (C=O) groups is 1. The van der Waals surface area contributed by atoms with Crippen molar-refractivity contribution >= 4 is 23.4 Å². The van der Waals surface area contributed by atoms with Crippen LogP contribution in [-0.4, -0.2) is 33.5 Å². The molecule has 0 aliphatic heterocycles. The van der Waals surface area contributed by atoms with Crippen LogP contribution < -0.4 is 4.90 Å². The van der Waals surface area contributed by atoms with E-state index in [1.54, 1.807) is 18.2 Å². The molecule has 0 fully saturated rings. The zero-order valence-electron chi connectivity index (χ0n) is 16.9. The first kappa shape index (κ1) is 20.0. The molecule has 0 unspecified atom stereocenters. The molecule has 0 atom stereocenters. The van der Waals surface area contributed by atoms with Gasteiger partial charge in [-0.15, -0.1) is 10.2 Å². The van der Waals surface area contributed by atoms with E-state index in [-0.39, 0.29) is 11.7 Å². The van der Waals surface area contributed by atoms with Crippen molar-refractivity contribution in [1.82, 2.24) is 14.8 Å². The van der Waals surface area contributed by atoms with Gasteiger partial charge >= 0.3 is 0 Å². The first-order chi connectivity index (χ1) is 14.6. The van der Waals surface area contributed by atoms with Crippen LogP contribution in [0.25, 0.3) is 11.4 Å². The summed E-state index contributed by atoms with van der Waals surface area (Å²) < 4.78 is 7.50. The number of benzene rings is 2. The van der Waals surface area contributed by atoms with Crippen molar-refractivity contribution in [2.24, 2.45) is 0 Å². The SMILES string of the molecule is Cc1occc1-c1nnc(SCC(=O)N(C)c2ccccc2)n1Cc1ccccc1. The number of aryl methyl sites for hydroxylation is 1. The summed E-state index contributed by atoms with van der Waals surface area (Å²) in [4.78, 5) is 14.4. The molecule has 0 bridgehead atoms.